The number of hydrogen-bond donors (Lipinski definition) is 4. The van der Waals surface area contributed by atoms with Crippen LogP contribution in [-0.4, -0.2) is 136 Å². The molecule has 24 nitrogen and oxygen atoms in total. The molecular formula is C48H54Cl6F4N8O16S2. The van der Waals surface area contributed by atoms with Gasteiger partial charge in [0.2, 0.25) is 21.8 Å². The number of pyridine rings is 2. The Morgan fingerprint density at radius 2 is 1.02 bits per heavy atom. The van der Waals surface area contributed by atoms with Gasteiger partial charge in [-0.25, -0.2) is 49.1 Å². The molecule has 2 aliphatic heterocycles. The van der Waals surface area contributed by atoms with Gasteiger partial charge in [-0.3, -0.25) is 19.2 Å². The van der Waals surface area contributed by atoms with Crippen LogP contribution in [0.15, 0.2) is 68.8 Å². The van der Waals surface area contributed by atoms with Crippen LogP contribution >= 0.6 is 69.5 Å². The number of carbonyl (C=O) groups is 4. The minimum absolute atomic E-state index is 0. The van der Waals surface area contributed by atoms with Crippen molar-refractivity contribution in [2.75, 3.05) is 37.8 Å². The van der Waals surface area contributed by atoms with Gasteiger partial charge >= 0.3 is 0 Å². The molecule has 2 saturated carbocycles. The third-order valence-corrected chi connectivity index (χ3v) is 15.5. The number of aliphatic hydroxyl groups excluding tert-OH is 2. The molecule has 84 heavy (non-hydrogen) atoms. The second-order valence-corrected chi connectivity index (χ2v) is 24.1. The minimum atomic E-state index is -4.29. The van der Waals surface area contributed by atoms with Crippen molar-refractivity contribution in [3.05, 3.63) is 68.9 Å². The summed E-state index contributed by atoms with van der Waals surface area (Å²) in [4.78, 5) is 54.8. The van der Waals surface area contributed by atoms with Crippen LogP contribution in [-0.2, 0) is 47.7 Å². The summed E-state index contributed by atoms with van der Waals surface area (Å²) in [6, 6.07) is 6.54. The number of benzene rings is 2. The van der Waals surface area contributed by atoms with Crippen LogP contribution in [0.1, 0.15) is 67.2 Å². The van der Waals surface area contributed by atoms with Gasteiger partial charge < -0.3 is 44.4 Å². The van der Waals surface area contributed by atoms with Gasteiger partial charge in [0.05, 0.1) is 68.9 Å². The molecule has 4 aliphatic rings. The quantitative estimate of drug-likeness (QED) is 0.0313. The normalized spacial score (nSPS) is 20.3. The van der Waals surface area contributed by atoms with Gasteiger partial charge in [-0.15, -0.1) is 12.4 Å². The SMILES string of the molecule is C.C.CC1(N)CC(O)C1.COCOc1cnc(Oc2c(Cl)cc(N3N=C(C(F)F)C(=O)CC3=O)cc2Cl)cc1S(=O)(=O)Cl.COCOc1cnc(Oc2c(Cl)cc(N3N=C(C(F)F)C(=O)CC3=O)cc2Cl)cc1S(=O)(=O)NC1(C)CC(O)C1.Cl. The maximum atomic E-state index is 13.2. The van der Waals surface area contributed by atoms with Crippen LogP contribution in [0.4, 0.5) is 28.9 Å². The van der Waals surface area contributed by atoms with E-state index in [1.54, 1.807) is 6.92 Å². The van der Waals surface area contributed by atoms with Gasteiger partial charge in [-0.2, -0.15) is 20.2 Å². The summed E-state index contributed by atoms with van der Waals surface area (Å²) in [6.07, 6.45) is -4.70. The fourth-order valence-corrected chi connectivity index (χ4v) is 11.4. The molecular weight excluding hydrogens is 1300 g/mol. The van der Waals surface area contributed by atoms with Crippen molar-refractivity contribution in [3.63, 3.8) is 0 Å². The predicted molar refractivity (Wildman–Crippen MR) is 303 cm³/mol. The number of ketones is 2. The minimum Gasteiger partial charge on any atom is -0.465 e. The summed E-state index contributed by atoms with van der Waals surface area (Å²) in [6.45, 7) is 3.04. The lowest BCUT2D eigenvalue weighted by atomic mass is 9.77. The Hall–Kier alpha value is -5.32. The molecule has 2 aliphatic carbocycles. The topological polar surface area (TPSA) is 327 Å². The van der Waals surface area contributed by atoms with E-state index in [2.05, 4.69) is 24.9 Å². The molecule has 5 N–H and O–H groups in total. The summed E-state index contributed by atoms with van der Waals surface area (Å²) in [5.74, 6) is -5.26. The van der Waals surface area contributed by atoms with Gasteiger partial charge in [-0.05, 0) is 63.8 Å². The molecule has 2 aromatic heterocycles. The molecule has 0 unspecified atom stereocenters. The van der Waals surface area contributed by atoms with Crippen LogP contribution in [0.25, 0.3) is 0 Å². The molecule has 0 bridgehead atoms. The van der Waals surface area contributed by atoms with E-state index in [-0.39, 0.29) is 136 Å². The zero-order valence-electron chi connectivity index (χ0n) is 42.6. The standard InChI is InChI=1S/C23H22Cl2F2N4O8S.C18H12Cl3F2N3O7S.C5H11NO.2CH4.ClH/c1-23(7-12(32)8-23)30-40(35,36)17-6-18(28-9-16(17)38-10-37-2)39-21-13(24)3-11(4-14(21)25)31-19(34)5-15(33)20(29-31)22(26)27;1-31-7-32-12-6-24-14(5-13(12)34(21,29)30)33-17-9(19)2-8(3-10(17)20)26-15(28)4-11(27)16(25-26)18(22)23;1-5(6)2-4(7)3-5;;;/h3-4,6,9,12,22,30,32H,5,7-8,10H2,1-2H3;2-3,5-6,18H,4,7H2,1H3;4,7H,2-3,6H2,1H3;2*1H4;1H. The monoisotopic (exact) mass is 1350 g/mol. The molecule has 0 spiro atoms. The number of ether oxygens (including phenoxy) is 6. The van der Waals surface area contributed by atoms with Gasteiger partial charge in [-0.1, -0.05) is 61.3 Å². The van der Waals surface area contributed by atoms with Crippen molar-refractivity contribution in [2.24, 2.45) is 15.9 Å². The number of halogens is 10. The maximum absolute atomic E-state index is 13.2. The Morgan fingerprint density at radius 1 is 0.667 bits per heavy atom. The second kappa shape index (κ2) is 29.9. The number of nitrogens with two attached hydrogens (primary N) is 1. The highest BCUT2D eigenvalue weighted by atomic mass is 35.7. The Morgan fingerprint density at radius 3 is 1.33 bits per heavy atom. The van der Waals surface area contributed by atoms with E-state index in [1.807, 2.05) is 6.92 Å². The van der Waals surface area contributed by atoms with E-state index in [1.165, 1.54) is 14.2 Å². The smallest absolute Gasteiger partial charge is 0.285 e. The molecule has 0 radical (unpaired) electrons. The lowest BCUT2D eigenvalue weighted by Crippen LogP contribution is -2.57. The number of hydrazone groups is 2. The molecule has 8 rings (SSSR count). The fourth-order valence-electron chi connectivity index (χ4n) is 7.77. The second-order valence-electron chi connectivity index (χ2n) is 18.3. The first kappa shape index (κ1) is 72.9. The van der Waals surface area contributed by atoms with Crippen LogP contribution in [0.2, 0.25) is 20.1 Å². The number of aliphatic hydroxyl groups is 2. The molecule has 2 amide bonds. The fraction of sp³-hybridized carbons (Fsp3) is 0.417. The molecule has 464 valence electrons. The Balaban J connectivity index is 0.000000384. The highest BCUT2D eigenvalue weighted by molar-refractivity contribution is 8.13. The van der Waals surface area contributed by atoms with Gasteiger partial charge in [0.15, 0.2) is 59.6 Å². The number of anilines is 2. The Labute approximate surface area is 509 Å². The number of sulfonamides is 1. The van der Waals surface area contributed by atoms with Crippen molar-refractivity contribution in [1.29, 1.82) is 0 Å². The van der Waals surface area contributed by atoms with Crippen LogP contribution < -0.4 is 39.4 Å². The van der Waals surface area contributed by atoms with Crippen LogP contribution in [0.5, 0.6) is 34.8 Å². The summed E-state index contributed by atoms with van der Waals surface area (Å²) < 4.78 is 136. The summed E-state index contributed by atoms with van der Waals surface area (Å²) in [7, 11) is -0.404. The molecule has 0 saturated heterocycles. The first-order valence-corrected chi connectivity index (χ1v) is 28.2. The van der Waals surface area contributed by atoms with E-state index < -0.39 is 96.1 Å². The molecule has 4 aromatic rings. The lowest BCUT2D eigenvalue weighted by molar-refractivity contribution is -0.126. The molecule has 4 heterocycles. The average Bonchev–Trinajstić information content (AvgIpc) is 2.66. The number of amides is 2. The Bertz CT molecular complexity index is 3350. The van der Waals surface area contributed by atoms with Crippen molar-refractivity contribution in [3.8, 4) is 34.8 Å². The number of rotatable bonds is 18. The van der Waals surface area contributed by atoms with E-state index in [0.717, 1.165) is 61.6 Å². The zero-order valence-corrected chi connectivity index (χ0v) is 48.8. The van der Waals surface area contributed by atoms with Crippen LogP contribution in [0, 0.1) is 0 Å². The number of nitrogens with one attached hydrogen (secondary N) is 1. The molecule has 2 aromatic carbocycles. The van der Waals surface area contributed by atoms with Crippen molar-refractivity contribution >= 4 is 135 Å². The van der Waals surface area contributed by atoms with Gasteiger partial charge in [0, 0.05) is 48.1 Å². The van der Waals surface area contributed by atoms with Crippen molar-refractivity contribution in [1.82, 2.24) is 14.7 Å². The maximum Gasteiger partial charge on any atom is 0.285 e. The summed E-state index contributed by atoms with van der Waals surface area (Å²) in [5, 5.41) is 25.5. The summed E-state index contributed by atoms with van der Waals surface area (Å²) >= 11 is 25.0. The molecule has 36 heteroatoms. The van der Waals surface area contributed by atoms with Crippen LogP contribution in [0.3, 0.4) is 0 Å². The summed E-state index contributed by atoms with van der Waals surface area (Å²) in [5.41, 5.74) is 2.22. The third-order valence-electron chi connectivity index (χ3n) is 11.4. The van der Waals surface area contributed by atoms with Crippen molar-refractivity contribution < 1.29 is 92.2 Å². The number of Topliss-reactive ketones (excluding diaryl/α,β-unsaturated/α-hetero) is 2. The average molecular weight is 1350 g/mol. The Kier molecular flexibility index (Phi) is 25.9. The van der Waals surface area contributed by atoms with E-state index in [0.29, 0.717) is 10.0 Å². The zero-order chi connectivity index (χ0) is 60.1. The largest absolute Gasteiger partial charge is 0.465 e. The highest BCUT2D eigenvalue weighted by Crippen LogP contribution is 2.44. The highest BCUT2D eigenvalue weighted by Gasteiger charge is 2.43. The number of hydrogen-bond acceptors (Lipinski definition) is 21. The predicted octanol–water partition coefficient (Wildman–Crippen LogP) is 8.85. The van der Waals surface area contributed by atoms with E-state index >= 15 is 0 Å². The lowest BCUT2D eigenvalue weighted by Gasteiger charge is -2.42. The van der Waals surface area contributed by atoms with Gasteiger partial charge in [0.1, 0.15) is 9.79 Å². The molecule has 2 fully saturated rings. The van der Waals surface area contributed by atoms with E-state index in [9.17, 15) is 58.7 Å². The number of nitrogens with zero attached hydrogens (tertiary/aromatic N) is 6. The van der Waals surface area contributed by atoms with Gasteiger partial charge in [0.25, 0.3) is 33.7 Å². The number of aromatic nitrogens is 2. The first-order chi connectivity index (χ1) is 37.7. The number of alkyl halides is 4. The number of methoxy groups -OCH3 is 2. The third kappa shape index (κ3) is 18.4. The number of carbonyl (C=O) groups excluding carboxylic acids is 4. The first-order valence-electron chi connectivity index (χ1n) is 22.9. The van der Waals surface area contributed by atoms with Crippen molar-refractivity contribution in [2.45, 2.75) is 113 Å². The molecule has 0 atom stereocenters. The van der Waals surface area contributed by atoms with E-state index in [4.69, 9.17) is 96.3 Å².